The first-order valence-corrected chi connectivity index (χ1v) is 7.60. The molecule has 1 N–H and O–H groups in total. The smallest absolute Gasteiger partial charge is 0.157 e. The van der Waals surface area contributed by atoms with E-state index in [1.807, 2.05) is 19.9 Å². The quantitative estimate of drug-likeness (QED) is 0.793. The summed E-state index contributed by atoms with van der Waals surface area (Å²) in [5.74, 6) is 1.82. The predicted octanol–water partition coefficient (Wildman–Crippen LogP) is 3.26. The minimum absolute atomic E-state index is 0.0243. The maximum atomic E-state index is 5.80. The summed E-state index contributed by atoms with van der Waals surface area (Å²) in [5.41, 5.74) is 2.04. The lowest BCUT2D eigenvalue weighted by molar-refractivity contribution is 0.0229. The lowest BCUT2D eigenvalue weighted by atomic mass is 10.1. The molecule has 1 atom stereocenters. The SMILES string of the molecule is CCOC(c1nc(C)cc(CNCC(C)C)n1)C(C)C. The Labute approximate surface area is 123 Å². The molecule has 0 bridgehead atoms. The Morgan fingerprint density at radius 2 is 1.90 bits per heavy atom. The topological polar surface area (TPSA) is 47.0 Å². The number of hydrogen-bond acceptors (Lipinski definition) is 4. The van der Waals surface area contributed by atoms with Crippen LogP contribution >= 0.6 is 0 Å². The second kappa shape index (κ2) is 8.32. The van der Waals surface area contributed by atoms with Crippen molar-refractivity contribution in [3.05, 3.63) is 23.3 Å². The van der Waals surface area contributed by atoms with Gasteiger partial charge in [-0.15, -0.1) is 0 Å². The number of nitrogens with zero attached hydrogens (tertiary/aromatic N) is 2. The Bertz CT molecular complexity index is 405. The monoisotopic (exact) mass is 279 g/mol. The van der Waals surface area contributed by atoms with Gasteiger partial charge in [0.2, 0.25) is 0 Å². The molecule has 0 fully saturated rings. The zero-order valence-corrected chi connectivity index (χ0v) is 13.7. The fraction of sp³-hybridized carbons (Fsp3) is 0.750. The van der Waals surface area contributed by atoms with Crippen LogP contribution in [-0.2, 0) is 11.3 Å². The van der Waals surface area contributed by atoms with Crippen LogP contribution in [0.1, 0.15) is 57.9 Å². The molecule has 0 aliphatic carbocycles. The Balaban J connectivity index is 2.83. The van der Waals surface area contributed by atoms with Crippen molar-refractivity contribution in [3.8, 4) is 0 Å². The van der Waals surface area contributed by atoms with Crippen LogP contribution in [0.15, 0.2) is 6.07 Å². The van der Waals surface area contributed by atoms with Crippen LogP contribution in [0.2, 0.25) is 0 Å². The number of nitrogens with one attached hydrogen (secondary N) is 1. The van der Waals surface area contributed by atoms with E-state index in [1.165, 1.54) is 0 Å². The van der Waals surface area contributed by atoms with Crippen molar-refractivity contribution < 1.29 is 4.74 Å². The molecule has 1 rings (SSSR count). The molecule has 20 heavy (non-hydrogen) atoms. The van der Waals surface area contributed by atoms with E-state index in [-0.39, 0.29) is 6.10 Å². The molecule has 0 aromatic carbocycles. The van der Waals surface area contributed by atoms with Crippen LogP contribution in [0.4, 0.5) is 0 Å². The van der Waals surface area contributed by atoms with E-state index in [1.54, 1.807) is 0 Å². The number of aryl methyl sites for hydroxylation is 1. The van der Waals surface area contributed by atoms with E-state index in [4.69, 9.17) is 4.74 Å². The normalized spacial score (nSPS) is 13.2. The van der Waals surface area contributed by atoms with Gasteiger partial charge in [0, 0.05) is 18.8 Å². The number of rotatable bonds is 8. The minimum atomic E-state index is -0.0243. The average Bonchev–Trinajstić information content (AvgIpc) is 2.34. The Morgan fingerprint density at radius 3 is 2.45 bits per heavy atom. The molecule has 1 aromatic heterocycles. The molecule has 114 valence electrons. The highest BCUT2D eigenvalue weighted by atomic mass is 16.5. The van der Waals surface area contributed by atoms with Gasteiger partial charge in [-0.3, -0.25) is 0 Å². The fourth-order valence-corrected chi connectivity index (χ4v) is 2.11. The molecule has 0 saturated carbocycles. The zero-order valence-electron chi connectivity index (χ0n) is 13.7. The summed E-state index contributed by atoms with van der Waals surface area (Å²) in [6.45, 7) is 15.2. The number of hydrogen-bond donors (Lipinski definition) is 1. The van der Waals surface area contributed by atoms with E-state index in [9.17, 15) is 0 Å². The van der Waals surface area contributed by atoms with Gasteiger partial charge in [-0.2, -0.15) is 0 Å². The van der Waals surface area contributed by atoms with Crippen LogP contribution in [0.3, 0.4) is 0 Å². The van der Waals surface area contributed by atoms with Crippen molar-refractivity contribution >= 4 is 0 Å². The van der Waals surface area contributed by atoms with Crippen LogP contribution < -0.4 is 5.32 Å². The summed E-state index contributed by atoms with van der Waals surface area (Å²) in [6.07, 6.45) is -0.0243. The summed E-state index contributed by atoms with van der Waals surface area (Å²) in [5, 5.41) is 3.42. The first kappa shape index (κ1) is 17.1. The largest absolute Gasteiger partial charge is 0.370 e. The number of ether oxygens (including phenoxy) is 1. The highest BCUT2D eigenvalue weighted by Gasteiger charge is 2.19. The van der Waals surface area contributed by atoms with Gasteiger partial charge in [-0.25, -0.2) is 9.97 Å². The van der Waals surface area contributed by atoms with Crippen LogP contribution in [0.25, 0.3) is 0 Å². The highest BCUT2D eigenvalue weighted by molar-refractivity contribution is 5.11. The van der Waals surface area contributed by atoms with E-state index < -0.39 is 0 Å². The van der Waals surface area contributed by atoms with Gasteiger partial charge < -0.3 is 10.1 Å². The molecule has 0 aliphatic heterocycles. The van der Waals surface area contributed by atoms with Gasteiger partial charge in [0.15, 0.2) is 5.82 Å². The summed E-state index contributed by atoms with van der Waals surface area (Å²) in [4.78, 5) is 9.23. The van der Waals surface area contributed by atoms with E-state index in [0.29, 0.717) is 18.4 Å². The van der Waals surface area contributed by atoms with Gasteiger partial charge >= 0.3 is 0 Å². The Hall–Kier alpha value is -1.00. The molecule has 1 unspecified atom stereocenters. The van der Waals surface area contributed by atoms with Gasteiger partial charge in [0.1, 0.15) is 6.10 Å². The molecule has 0 amide bonds. The Kier molecular flexibility index (Phi) is 7.10. The molecule has 0 aliphatic rings. The average molecular weight is 279 g/mol. The number of aromatic nitrogens is 2. The fourth-order valence-electron chi connectivity index (χ4n) is 2.11. The predicted molar refractivity (Wildman–Crippen MR) is 82.5 cm³/mol. The third-order valence-corrected chi connectivity index (χ3v) is 2.99. The lowest BCUT2D eigenvalue weighted by Gasteiger charge is -2.20. The third-order valence-electron chi connectivity index (χ3n) is 2.99. The second-order valence-corrected chi connectivity index (χ2v) is 6.00. The first-order chi connectivity index (χ1) is 9.43. The van der Waals surface area contributed by atoms with E-state index in [0.717, 1.165) is 30.3 Å². The van der Waals surface area contributed by atoms with Gasteiger partial charge in [-0.1, -0.05) is 27.7 Å². The molecule has 4 nitrogen and oxygen atoms in total. The highest BCUT2D eigenvalue weighted by Crippen LogP contribution is 2.23. The van der Waals surface area contributed by atoms with Crippen LogP contribution in [0, 0.1) is 18.8 Å². The lowest BCUT2D eigenvalue weighted by Crippen LogP contribution is -2.21. The van der Waals surface area contributed by atoms with Gasteiger partial charge in [-0.05, 0) is 38.3 Å². The molecule has 1 heterocycles. The van der Waals surface area contributed by atoms with Gasteiger partial charge in [0.25, 0.3) is 0 Å². The molecule has 4 heteroatoms. The summed E-state index contributed by atoms with van der Waals surface area (Å²) < 4.78 is 5.80. The van der Waals surface area contributed by atoms with Crippen molar-refractivity contribution in [1.29, 1.82) is 0 Å². The van der Waals surface area contributed by atoms with Crippen molar-refractivity contribution in [3.63, 3.8) is 0 Å². The van der Waals surface area contributed by atoms with Crippen molar-refractivity contribution in [1.82, 2.24) is 15.3 Å². The summed E-state index contributed by atoms with van der Waals surface area (Å²) in [7, 11) is 0. The summed E-state index contributed by atoms with van der Waals surface area (Å²) >= 11 is 0. The minimum Gasteiger partial charge on any atom is -0.370 e. The van der Waals surface area contributed by atoms with Crippen LogP contribution in [-0.4, -0.2) is 23.1 Å². The molecule has 0 saturated heterocycles. The van der Waals surface area contributed by atoms with Crippen molar-refractivity contribution in [2.75, 3.05) is 13.2 Å². The van der Waals surface area contributed by atoms with Gasteiger partial charge in [0.05, 0.1) is 5.69 Å². The molecule has 1 aromatic rings. The zero-order chi connectivity index (χ0) is 15.1. The van der Waals surface area contributed by atoms with Crippen molar-refractivity contribution in [2.24, 2.45) is 11.8 Å². The maximum Gasteiger partial charge on any atom is 0.157 e. The molecular weight excluding hydrogens is 250 g/mol. The van der Waals surface area contributed by atoms with E-state index in [2.05, 4.69) is 43.0 Å². The third kappa shape index (κ3) is 5.55. The second-order valence-electron chi connectivity index (χ2n) is 6.00. The first-order valence-electron chi connectivity index (χ1n) is 7.60. The van der Waals surface area contributed by atoms with E-state index >= 15 is 0 Å². The summed E-state index contributed by atoms with van der Waals surface area (Å²) in [6, 6.07) is 2.04. The Morgan fingerprint density at radius 1 is 1.20 bits per heavy atom. The maximum absolute atomic E-state index is 5.80. The molecular formula is C16H29N3O. The van der Waals surface area contributed by atoms with Crippen molar-refractivity contribution in [2.45, 2.75) is 54.2 Å². The molecule has 0 spiro atoms. The van der Waals surface area contributed by atoms with Crippen LogP contribution in [0.5, 0.6) is 0 Å². The standard InChI is InChI=1S/C16H29N3O/c1-7-20-15(12(4)5)16-18-13(6)8-14(19-16)10-17-9-11(2)3/h8,11-12,15,17H,7,9-10H2,1-6H3. The molecule has 0 radical (unpaired) electrons.